The Hall–Kier alpha value is -1.20. The predicted octanol–water partition coefficient (Wildman–Crippen LogP) is 1.90. The molecule has 5 heteroatoms. The average Bonchev–Trinajstić information content (AvgIpc) is 2.45. The van der Waals surface area contributed by atoms with E-state index in [2.05, 4.69) is 4.74 Å². The Bertz CT molecular complexity index is 364. The van der Waals surface area contributed by atoms with Gasteiger partial charge in [0.05, 0.1) is 20.3 Å². The molecule has 0 atom stereocenters. The third-order valence-corrected chi connectivity index (χ3v) is 3.43. The lowest BCUT2D eigenvalue weighted by Gasteiger charge is -2.07. The first-order valence-electron chi connectivity index (χ1n) is 6.23. The molecule has 0 unspecified atom stereocenters. The van der Waals surface area contributed by atoms with E-state index in [1.165, 1.54) is 7.11 Å². The molecule has 0 fully saturated rings. The maximum Gasteiger partial charge on any atom is 0.305 e. The van der Waals surface area contributed by atoms with Gasteiger partial charge in [-0.2, -0.15) is 11.8 Å². The highest BCUT2D eigenvalue weighted by molar-refractivity contribution is 7.99. The standard InChI is InChI=1S/C14H20O4S/c1-17-14(16)7-4-12-2-5-13(6-3-12)18-9-11-19-10-8-15/h2-3,5-6,15H,4,7-11H2,1H3. The summed E-state index contributed by atoms with van der Waals surface area (Å²) in [7, 11) is 1.40. The molecule has 0 heterocycles. The number of carbonyl (C=O) groups excluding carboxylic acids is 1. The maximum atomic E-state index is 11.0. The summed E-state index contributed by atoms with van der Waals surface area (Å²) in [6.07, 6.45) is 1.08. The van der Waals surface area contributed by atoms with E-state index < -0.39 is 0 Å². The van der Waals surface area contributed by atoms with Crippen molar-refractivity contribution in [2.75, 3.05) is 31.8 Å². The summed E-state index contributed by atoms with van der Waals surface area (Å²) in [5, 5.41) is 8.63. The van der Waals surface area contributed by atoms with Crippen molar-refractivity contribution in [1.82, 2.24) is 0 Å². The fraction of sp³-hybridized carbons (Fsp3) is 0.500. The average molecular weight is 284 g/mol. The molecule has 1 rings (SSSR count). The van der Waals surface area contributed by atoms with Crippen LogP contribution in [0.15, 0.2) is 24.3 Å². The van der Waals surface area contributed by atoms with Gasteiger partial charge in [-0.05, 0) is 24.1 Å². The van der Waals surface area contributed by atoms with Crippen LogP contribution in [-0.2, 0) is 16.0 Å². The highest BCUT2D eigenvalue weighted by Crippen LogP contribution is 2.14. The Kier molecular flexibility index (Phi) is 8.09. The Morgan fingerprint density at radius 2 is 2.00 bits per heavy atom. The molecule has 0 aliphatic carbocycles. The van der Waals surface area contributed by atoms with Gasteiger partial charge in [0.25, 0.3) is 0 Å². The van der Waals surface area contributed by atoms with Crippen LogP contribution in [0.3, 0.4) is 0 Å². The highest BCUT2D eigenvalue weighted by Gasteiger charge is 2.01. The molecule has 0 spiro atoms. The lowest BCUT2D eigenvalue weighted by Crippen LogP contribution is -2.03. The molecule has 1 N–H and O–H groups in total. The zero-order valence-electron chi connectivity index (χ0n) is 11.1. The van der Waals surface area contributed by atoms with Gasteiger partial charge in [0.15, 0.2) is 0 Å². The van der Waals surface area contributed by atoms with Crippen LogP contribution in [0, 0.1) is 0 Å². The molecule has 4 nitrogen and oxygen atoms in total. The monoisotopic (exact) mass is 284 g/mol. The van der Waals surface area contributed by atoms with Crippen molar-refractivity contribution in [2.45, 2.75) is 12.8 Å². The van der Waals surface area contributed by atoms with Crippen LogP contribution in [0.25, 0.3) is 0 Å². The molecule has 19 heavy (non-hydrogen) atoms. The van der Waals surface area contributed by atoms with Gasteiger partial charge in [-0.15, -0.1) is 0 Å². The number of hydrogen-bond acceptors (Lipinski definition) is 5. The molecule has 0 amide bonds. The first kappa shape index (κ1) is 15.9. The topological polar surface area (TPSA) is 55.8 Å². The first-order valence-corrected chi connectivity index (χ1v) is 7.39. The van der Waals surface area contributed by atoms with Crippen LogP contribution in [-0.4, -0.2) is 42.9 Å². The fourth-order valence-corrected chi connectivity index (χ4v) is 2.02. The summed E-state index contributed by atoms with van der Waals surface area (Å²) in [6.45, 7) is 0.839. The lowest BCUT2D eigenvalue weighted by atomic mass is 10.1. The van der Waals surface area contributed by atoms with Crippen LogP contribution < -0.4 is 4.74 Å². The van der Waals surface area contributed by atoms with Crippen molar-refractivity contribution < 1.29 is 19.4 Å². The van der Waals surface area contributed by atoms with Gasteiger partial charge in [-0.25, -0.2) is 0 Å². The van der Waals surface area contributed by atoms with Gasteiger partial charge in [-0.3, -0.25) is 4.79 Å². The smallest absolute Gasteiger partial charge is 0.305 e. The van der Waals surface area contributed by atoms with Crippen molar-refractivity contribution in [3.63, 3.8) is 0 Å². The normalized spacial score (nSPS) is 10.2. The second kappa shape index (κ2) is 9.69. The van der Waals surface area contributed by atoms with Crippen LogP contribution in [0.4, 0.5) is 0 Å². The van der Waals surface area contributed by atoms with E-state index >= 15 is 0 Å². The van der Waals surface area contributed by atoms with Crippen molar-refractivity contribution in [3.8, 4) is 5.75 Å². The molecule has 106 valence electrons. The molecule has 0 aromatic heterocycles. The number of thioether (sulfide) groups is 1. The van der Waals surface area contributed by atoms with E-state index in [0.29, 0.717) is 19.4 Å². The van der Waals surface area contributed by atoms with Gasteiger partial charge in [0.2, 0.25) is 0 Å². The number of aliphatic hydroxyl groups is 1. The van der Waals surface area contributed by atoms with Crippen LogP contribution in [0.1, 0.15) is 12.0 Å². The van der Waals surface area contributed by atoms with Crippen molar-refractivity contribution >= 4 is 17.7 Å². The Morgan fingerprint density at radius 1 is 1.26 bits per heavy atom. The number of aryl methyl sites for hydroxylation is 1. The summed E-state index contributed by atoms with van der Waals surface area (Å²) in [4.78, 5) is 11.0. The van der Waals surface area contributed by atoms with Gasteiger partial charge in [-0.1, -0.05) is 12.1 Å². The minimum Gasteiger partial charge on any atom is -0.493 e. The molecule has 0 saturated carbocycles. The lowest BCUT2D eigenvalue weighted by molar-refractivity contribution is -0.140. The minimum absolute atomic E-state index is 0.193. The summed E-state index contributed by atoms with van der Waals surface area (Å²) >= 11 is 1.66. The Balaban J connectivity index is 2.25. The van der Waals surface area contributed by atoms with E-state index in [1.54, 1.807) is 11.8 Å². The number of methoxy groups -OCH3 is 1. The second-order valence-electron chi connectivity index (χ2n) is 3.90. The predicted molar refractivity (Wildman–Crippen MR) is 76.7 cm³/mol. The zero-order valence-corrected chi connectivity index (χ0v) is 11.9. The van der Waals surface area contributed by atoms with Gasteiger partial charge >= 0.3 is 5.97 Å². The summed E-state index contributed by atoms with van der Waals surface area (Å²) in [5.41, 5.74) is 1.09. The number of ether oxygens (including phenoxy) is 2. The molecule has 0 aliphatic rings. The van der Waals surface area contributed by atoms with Gasteiger partial charge in [0.1, 0.15) is 5.75 Å². The zero-order chi connectivity index (χ0) is 13.9. The maximum absolute atomic E-state index is 11.0. The number of aliphatic hydroxyl groups excluding tert-OH is 1. The summed E-state index contributed by atoms with van der Waals surface area (Å²) in [5.74, 6) is 2.24. The Morgan fingerprint density at radius 3 is 2.63 bits per heavy atom. The molecular weight excluding hydrogens is 264 g/mol. The van der Waals surface area contributed by atoms with E-state index in [4.69, 9.17) is 9.84 Å². The minimum atomic E-state index is -0.193. The quantitative estimate of drug-likeness (QED) is 0.554. The third-order valence-electron chi connectivity index (χ3n) is 2.50. The van der Waals surface area contributed by atoms with Gasteiger partial charge in [0, 0.05) is 17.9 Å². The third kappa shape index (κ3) is 7.08. The van der Waals surface area contributed by atoms with E-state index in [-0.39, 0.29) is 12.6 Å². The fourth-order valence-electron chi connectivity index (χ4n) is 1.49. The molecule has 0 saturated heterocycles. The van der Waals surface area contributed by atoms with Crippen LogP contribution in [0.5, 0.6) is 5.75 Å². The number of esters is 1. The largest absolute Gasteiger partial charge is 0.493 e. The second-order valence-corrected chi connectivity index (χ2v) is 5.13. The van der Waals surface area contributed by atoms with Crippen molar-refractivity contribution in [3.05, 3.63) is 29.8 Å². The number of rotatable bonds is 9. The number of hydrogen-bond donors (Lipinski definition) is 1. The molecule has 1 aromatic rings. The van der Waals surface area contributed by atoms with Gasteiger partial charge < -0.3 is 14.6 Å². The summed E-state index contributed by atoms with van der Waals surface area (Å²) < 4.78 is 10.2. The molecule has 0 aliphatic heterocycles. The van der Waals surface area contributed by atoms with Crippen LogP contribution >= 0.6 is 11.8 Å². The van der Waals surface area contributed by atoms with E-state index in [1.807, 2.05) is 24.3 Å². The first-order chi connectivity index (χ1) is 9.26. The van der Waals surface area contributed by atoms with Crippen molar-refractivity contribution in [2.24, 2.45) is 0 Å². The molecule has 0 radical (unpaired) electrons. The van der Waals surface area contributed by atoms with E-state index in [9.17, 15) is 4.79 Å². The summed E-state index contributed by atoms with van der Waals surface area (Å²) in [6, 6.07) is 7.73. The SMILES string of the molecule is COC(=O)CCc1ccc(OCCSCCO)cc1. The van der Waals surface area contributed by atoms with Crippen LogP contribution in [0.2, 0.25) is 0 Å². The van der Waals surface area contributed by atoms with E-state index in [0.717, 1.165) is 22.8 Å². The number of carbonyl (C=O) groups is 1. The molecule has 1 aromatic carbocycles. The van der Waals surface area contributed by atoms with Crippen molar-refractivity contribution in [1.29, 1.82) is 0 Å². The molecular formula is C14H20O4S. The molecule has 0 bridgehead atoms. The number of benzene rings is 1. The highest BCUT2D eigenvalue weighted by atomic mass is 32.2. The Labute approximate surface area is 118 Å².